The van der Waals surface area contributed by atoms with Crippen molar-refractivity contribution in [3.8, 4) is 0 Å². The third-order valence-electron chi connectivity index (χ3n) is 7.72. The van der Waals surface area contributed by atoms with Crippen LogP contribution in [0.5, 0.6) is 0 Å². The molecule has 0 radical (unpaired) electrons. The van der Waals surface area contributed by atoms with Crippen LogP contribution in [0.25, 0.3) is 0 Å². The molecule has 1 amide bonds. The summed E-state index contributed by atoms with van der Waals surface area (Å²) in [4.78, 5) is 17.9. The van der Waals surface area contributed by atoms with Crippen LogP contribution in [-0.2, 0) is 11.2 Å². The van der Waals surface area contributed by atoms with Gasteiger partial charge in [-0.15, -0.1) is 0 Å². The van der Waals surface area contributed by atoms with Crippen molar-refractivity contribution < 1.29 is 9.90 Å². The second-order valence-corrected chi connectivity index (χ2v) is 9.49. The number of nitrogens with zero attached hydrogens (tertiary/aromatic N) is 2. The number of fused-ring (bicyclic) bond motifs is 1. The van der Waals surface area contributed by atoms with E-state index in [0.717, 1.165) is 45.2 Å². The number of hydrogen-bond donors (Lipinski definition) is 1. The van der Waals surface area contributed by atoms with Gasteiger partial charge in [-0.1, -0.05) is 55.3 Å². The van der Waals surface area contributed by atoms with E-state index in [1.54, 1.807) is 0 Å². The van der Waals surface area contributed by atoms with Crippen LogP contribution in [0.3, 0.4) is 0 Å². The number of benzene rings is 2. The number of hydrogen-bond acceptors (Lipinski definition) is 3. The van der Waals surface area contributed by atoms with Gasteiger partial charge in [0.2, 0.25) is 5.91 Å². The maximum absolute atomic E-state index is 13.4. The van der Waals surface area contributed by atoms with Gasteiger partial charge < -0.3 is 14.9 Å². The molecule has 4 nitrogen and oxygen atoms in total. The van der Waals surface area contributed by atoms with Crippen LogP contribution in [0.15, 0.2) is 54.6 Å². The Hall–Kier alpha value is -2.33. The minimum Gasteiger partial charge on any atom is -0.389 e. The molecule has 1 saturated carbocycles. The van der Waals surface area contributed by atoms with E-state index < -0.39 is 5.60 Å². The summed E-state index contributed by atoms with van der Waals surface area (Å²) in [5.74, 6) is 0.323. The maximum atomic E-state index is 13.4. The second-order valence-electron chi connectivity index (χ2n) is 9.49. The van der Waals surface area contributed by atoms with Gasteiger partial charge in [-0.05, 0) is 62.8 Å². The van der Waals surface area contributed by atoms with Gasteiger partial charge in [0.25, 0.3) is 0 Å². The van der Waals surface area contributed by atoms with E-state index in [1.165, 1.54) is 16.8 Å². The SMILES string of the molecule is CCN(CC)c1ccc([C@H]2[C@H]3CCCC[C@]3(O)CCN2C(=O)CCc2ccccc2)cc1. The van der Waals surface area contributed by atoms with E-state index in [2.05, 4.69) is 60.0 Å². The largest absolute Gasteiger partial charge is 0.389 e. The van der Waals surface area contributed by atoms with Crippen LogP contribution >= 0.6 is 0 Å². The van der Waals surface area contributed by atoms with Gasteiger partial charge in [-0.3, -0.25) is 4.79 Å². The molecular formula is C28H38N2O2. The van der Waals surface area contributed by atoms with Crippen LogP contribution < -0.4 is 4.90 Å². The van der Waals surface area contributed by atoms with Crippen molar-refractivity contribution in [3.05, 3.63) is 65.7 Å². The molecule has 2 fully saturated rings. The summed E-state index contributed by atoms with van der Waals surface area (Å²) in [6.45, 7) is 6.95. The standard InChI is InChI=1S/C28H38N2O2/c1-3-29(4-2)24-16-14-23(15-17-24)27-25-12-8-9-19-28(25,32)20-21-30(27)26(31)18-13-22-10-6-5-7-11-22/h5-7,10-11,14-17,25,27,32H,3-4,8-9,12-13,18-21H2,1-2H3/t25-,27+,28+/m1/s1. The lowest BCUT2D eigenvalue weighted by Crippen LogP contribution is -2.56. The number of carbonyl (C=O) groups is 1. The number of likely N-dealkylation sites (tertiary alicyclic amines) is 1. The summed E-state index contributed by atoms with van der Waals surface area (Å²) in [5.41, 5.74) is 2.94. The van der Waals surface area contributed by atoms with Gasteiger partial charge in [0.15, 0.2) is 0 Å². The molecular weight excluding hydrogens is 396 g/mol. The minimum atomic E-state index is -0.642. The molecule has 1 N–H and O–H groups in total. The van der Waals surface area contributed by atoms with Crippen molar-refractivity contribution in [1.82, 2.24) is 4.90 Å². The Balaban J connectivity index is 1.59. The Morgan fingerprint density at radius 2 is 1.75 bits per heavy atom. The molecule has 2 aromatic rings. The van der Waals surface area contributed by atoms with Crippen LogP contribution in [0.4, 0.5) is 5.69 Å². The lowest BCUT2D eigenvalue weighted by atomic mass is 9.66. The molecule has 0 spiro atoms. The third-order valence-corrected chi connectivity index (χ3v) is 7.72. The Morgan fingerprint density at radius 3 is 2.44 bits per heavy atom. The van der Waals surface area contributed by atoms with Crippen LogP contribution in [0, 0.1) is 5.92 Å². The first kappa shape index (κ1) is 22.8. The first-order valence-electron chi connectivity index (χ1n) is 12.5. The molecule has 0 aromatic heterocycles. The van der Waals surface area contributed by atoms with Crippen molar-refractivity contribution in [2.75, 3.05) is 24.5 Å². The molecule has 4 heteroatoms. The van der Waals surface area contributed by atoms with E-state index in [0.29, 0.717) is 19.4 Å². The van der Waals surface area contributed by atoms with Crippen molar-refractivity contribution in [3.63, 3.8) is 0 Å². The minimum absolute atomic E-state index is 0.0388. The molecule has 3 atom stereocenters. The molecule has 172 valence electrons. The molecule has 1 saturated heterocycles. The van der Waals surface area contributed by atoms with Gasteiger partial charge >= 0.3 is 0 Å². The molecule has 0 unspecified atom stereocenters. The van der Waals surface area contributed by atoms with E-state index in [1.807, 2.05) is 18.2 Å². The summed E-state index contributed by atoms with van der Waals surface area (Å²) < 4.78 is 0. The maximum Gasteiger partial charge on any atom is 0.223 e. The third kappa shape index (κ3) is 4.71. The van der Waals surface area contributed by atoms with E-state index in [-0.39, 0.29) is 17.9 Å². The molecule has 0 bridgehead atoms. The number of rotatable bonds is 7. The fourth-order valence-electron chi connectivity index (χ4n) is 5.88. The van der Waals surface area contributed by atoms with Gasteiger partial charge in [-0.25, -0.2) is 0 Å². The summed E-state index contributed by atoms with van der Waals surface area (Å²) >= 11 is 0. The summed E-state index contributed by atoms with van der Waals surface area (Å²) in [7, 11) is 0. The Kier molecular flexibility index (Phi) is 7.20. The van der Waals surface area contributed by atoms with Crippen LogP contribution in [0.2, 0.25) is 0 Å². The predicted octanol–water partition coefficient (Wildman–Crippen LogP) is 5.36. The van der Waals surface area contributed by atoms with Gasteiger partial charge in [0, 0.05) is 37.7 Å². The summed E-state index contributed by atoms with van der Waals surface area (Å²) in [6.07, 6.45) is 6.04. The molecule has 1 heterocycles. The van der Waals surface area contributed by atoms with Gasteiger partial charge in [-0.2, -0.15) is 0 Å². The average Bonchev–Trinajstić information content (AvgIpc) is 2.83. The fraction of sp³-hybridized carbons (Fsp3) is 0.536. The number of piperidine rings is 1. The van der Waals surface area contributed by atoms with Gasteiger partial charge in [0.1, 0.15) is 0 Å². The predicted molar refractivity (Wildman–Crippen MR) is 131 cm³/mol. The first-order valence-corrected chi connectivity index (χ1v) is 12.5. The van der Waals surface area contributed by atoms with Crippen LogP contribution in [-0.4, -0.2) is 41.1 Å². The van der Waals surface area contributed by atoms with Crippen molar-refractivity contribution in [1.29, 1.82) is 0 Å². The number of anilines is 1. The van der Waals surface area contributed by atoms with Crippen molar-refractivity contribution in [2.24, 2.45) is 5.92 Å². The molecule has 1 aliphatic carbocycles. The normalized spacial score (nSPS) is 25.3. The highest BCUT2D eigenvalue weighted by Gasteiger charge is 2.49. The lowest BCUT2D eigenvalue weighted by Gasteiger charge is -2.52. The Morgan fingerprint density at radius 1 is 1.03 bits per heavy atom. The van der Waals surface area contributed by atoms with Gasteiger partial charge in [0.05, 0.1) is 11.6 Å². The fourth-order valence-corrected chi connectivity index (χ4v) is 5.88. The van der Waals surface area contributed by atoms with E-state index in [9.17, 15) is 9.90 Å². The quantitative estimate of drug-likeness (QED) is 0.638. The second kappa shape index (κ2) is 10.1. The summed E-state index contributed by atoms with van der Waals surface area (Å²) in [5, 5.41) is 11.5. The zero-order chi connectivity index (χ0) is 22.6. The molecule has 2 aromatic carbocycles. The number of amides is 1. The van der Waals surface area contributed by atoms with Crippen LogP contribution in [0.1, 0.15) is 69.5 Å². The van der Waals surface area contributed by atoms with Crippen molar-refractivity contribution in [2.45, 2.75) is 70.4 Å². The van der Waals surface area contributed by atoms with Crippen molar-refractivity contribution >= 4 is 11.6 Å². The smallest absolute Gasteiger partial charge is 0.223 e. The highest BCUT2D eigenvalue weighted by molar-refractivity contribution is 5.77. The van der Waals surface area contributed by atoms with E-state index in [4.69, 9.17) is 0 Å². The summed E-state index contributed by atoms with van der Waals surface area (Å²) in [6, 6.07) is 19.0. The molecule has 2 aliphatic rings. The molecule has 1 aliphatic heterocycles. The first-order chi connectivity index (χ1) is 15.6. The highest BCUT2D eigenvalue weighted by atomic mass is 16.3. The van der Waals surface area contributed by atoms with E-state index >= 15 is 0 Å². The number of aryl methyl sites for hydroxylation is 1. The monoisotopic (exact) mass is 434 g/mol. The average molecular weight is 435 g/mol. The molecule has 4 rings (SSSR count). The number of carbonyl (C=O) groups excluding carboxylic acids is 1. The Labute approximate surface area is 193 Å². The zero-order valence-electron chi connectivity index (χ0n) is 19.7. The zero-order valence-corrected chi connectivity index (χ0v) is 19.7. The Bertz CT molecular complexity index is 878. The molecule has 32 heavy (non-hydrogen) atoms. The number of aliphatic hydroxyl groups is 1. The lowest BCUT2D eigenvalue weighted by molar-refractivity contribution is -0.155. The topological polar surface area (TPSA) is 43.8 Å². The highest BCUT2D eigenvalue weighted by Crippen LogP contribution is 2.49.